The van der Waals surface area contributed by atoms with Crippen molar-refractivity contribution in [3.8, 4) is 0 Å². The summed E-state index contributed by atoms with van der Waals surface area (Å²) in [5, 5.41) is 5.61. The number of carbonyl (C=O) groups is 1. The molecule has 1 atom stereocenters. The van der Waals surface area contributed by atoms with Crippen molar-refractivity contribution in [2.75, 3.05) is 23.3 Å². The van der Waals surface area contributed by atoms with Crippen LogP contribution >= 0.6 is 0 Å². The number of anilines is 2. The van der Waals surface area contributed by atoms with E-state index in [1.807, 2.05) is 18.2 Å². The Balaban J connectivity index is 1.53. The number of nitrogens with zero attached hydrogens (tertiary/aromatic N) is 1. The molecule has 0 spiro atoms. The normalized spacial score (nSPS) is 17.1. The van der Waals surface area contributed by atoms with Gasteiger partial charge in [-0.15, -0.1) is 0 Å². The largest absolute Gasteiger partial charge is 0.367 e. The molecular weight excluding hydrogens is 293 g/mol. The van der Waals surface area contributed by atoms with Crippen LogP contribution < -0.4 is 15.5 Å². The number of para-hydroxylation sites is 1. The molecule has 0 aromatic heterocycles. The van der Waals surface area contributed by atoms with E-state index in [4.69, 9.17) is 0 Å². The Labute approximate surface area is 135 Å². The molecule has 4 nitrogen and oxygen atoms in total. The fraction of sp³-hybridized carbons (Fsp3) is 0.278. The van der Waals surface area contributed by atoms with Crippen molar-refractivity contribution in [3.63, 3.8) is 0 Å². The van der Waals surface area contributed by atoms with Crippen LogP contribution in [0, 0.1) is 5.82 Å². The lowest BCUT2D eigenvalue weighted by Gasteiger charge is -2.27. The minimum absolute atomic E-state index is 0.267. The lowest BCUT2D eigenvalue weighted by molar-refractivity contribution is 0.251. The zero-order chi connectivity index (χ0) is 16.1. The third kappa shape index (κ3) is 4.00. The third-order valence-electron chi connectivity index (χ3n) is 4.07. The summed E-state index contributed by atoms with van der Waals surface area (Å²) >= 11 is 0. The van der Waals surface area contributed by atoms with Gasteiger partial charge in [-0.2, -0.15) is 0 Å². The molecule has 2 aromatic rings. The second kappa shape index (κ2) is 7.13. The molecule has 0 saturated carbocycles. The van der Waals surface area contributed by atoms with Crippen molar-refractivity contribution >= 4 is 17.4 Å². The number of hydrogen-bond donors (Lipinski definition) is 2. The van der Waals surface area contributed by atoms with Crippen molar-refractivity contribution in [2.24, 2.45) is 0 Å². The molecule has 1 aliphatic rings. The van der Waals surface area contributed by atoms with Crippen molar-refractivity contribution in [2.45, 2.75) is 18.9 Å². The number of urea groups is 1. The van der Waals surface area contributed by atoms with Gasteiger partial charge in [0, 0.05) is 30.5 Å². The predicted octanol–water partition coefficient (Wildman–Crippen LogP) is 3.62. The van der Waals surface area contributed by atoms with Crippen molar-refractivity contribution in [1.82, 2.24) is 5.32 Å². The number of amides is 2. The Morgan fingerprint density at radius 1 is 1.13 bits per heavy atom. The first-order chi connectivity index (χ1) is 11.2. The zero-order valence-corrected chi connectivity index (χ0v) is 12.8. The minimum atomic E-state index is -0.319. The molecule has 2 amide bonds. The van der Waals surface area contributed by atoms with Crippen LogP contribution in [0.2, 0.25) is 0 Å². The van der Waals surface area contributed by atoms with E-state index in [0.717, 1.165) is 19.4 Å². The summed E-state index contributed by atoms with van der Waals surface area (Å²) < 4.78 is 12.8. The Morgan fingerprint density at radius 3 is 2.61 bits per heavy atom. The lowest BCUT2D eigenvalue weighted by Crippen LogP contribution is -2.41. The van der Waals surface area contributed by atoms with Crippen molar-refractivity contribution in [1.29, 1.82) is 0 Å². The second-order valence-corrected chi connectivity index (χ2v) is 5.67. The summed E-state index contributed by atoms with van der Waals surface area (Å²) in [6.07, 6.45) is 2.19. The van der Waals surface area contributed by atoms with Gasteiger partial charge in [0.05, 0.1) is 0 Å². The number of benzene rings is 2. The van der Waals surface area contributed by atoms with Crippen LogP contribution in [0.5, 0.6) is 0 Å². The van der Waals surface area contributed by atoms with Crippen molar-refractivity contribution < 1.29 is 9.18 Å². The standard InChI is InChI=1S/C18H20FN3O/c19-14-8-10-15(11-9-14)21-18(23)20-13-17-7-4-12-22(17)16-5-2-1-3-6-16/h1-3,5-6,8-11,17H,4,7,12-13H2,(H2,20,21,23)/t17-/m1/s1. The smallest absolute Gasteiger partial charge is 0.319 e. The van der Waals surface area contributed by atoms with Crippen LogP contribution in [0.25, 0.3) is 0 Å². The molecule has 1 fully saturated rings. The summed E-state index contributed by atoms with van der Waals surface area (Å²) in [7, 11) is 0. The molecule has 1 saturated heterocycles. The maximum absolute atomic E-state index is 12.8. The summed E-state index contributed by atoms with van der Waals surface area (Å²) in [6.45, 7) is 1.60. The van der Waals surface area contributed by atoms with E-state index in [0.29, 0.717) is 18.3 Å². The highest BCUT2D eigenvalue weighted by molar-refractivity contribution is 5.89. The maximum atomic E-state index is 12.8. The van der Waals surface area contributed by atoms with Gasteiger partial charge in [0.2, 0.25) is 0 Å². The highest BCUT2D eigenvalue weighted by atomic mass is 19.1. The number of rotatable bonds is 4. The molecule has 0 unspecified atom stereocenters. The van der Waals surface area contributed by atoms with Crippen molar-refractivity contribution in [3.05, 3.63) is 60.4 Å². The Bertz CT molecular complexity index is 645. The summed E-state index contributed by atoms with van der Waals surface area (Å²) in [5.74, 6) is -0.319. The van der Waals surface area contributed by atoms with E-state index < -0.39 is 0 Å². The van der Waals surface area contributed by atoms with Gasteiger partial charge in [-0.3, -0.25) is 0 Å². The maximum Gasteiger partial charge on any atom is 0.319 e. The molecule has 0 radical (unpaired) electrons. The van der Waals surface area contributed by atoms with Gasteiger partial charge in [-0.1, -0.05) is 18.2 Å². The predicted molar refractivity (Wildman–Crippen MR) is 90.2 cm³/mol. The van der Waals surface area contributed by atoms with Gasteiger partial charge in [0.1, 0.15) is 5.82 Å². The quantitative estimate of drug-likeness (QED) is 0.905. The lowest BCUT2D eigenvalue weighted by atomic mass is 10.2. The molecule has 3 rings (SSSR count). The SMILES string of the molecule is O=C(NC[C@H]1CCCN1c1ccccc1)Nc1ccc(F)cc1. The van der Waals surface area contributed by atoms with Crippen LogP contribution in [0.3, 0.4) is 0 Å². The monoisotopic (exact) mass is 313 g/mol. The number of carbonyl (C=O) groups excluding carboxylic acids is 1. The van der Waals surface area contributed by atoms with Crippen LogP contribution in [0.4, 0.5) is 20.6 Å². The summed E-state index contributed by atoms with van der Waals surface area (Å²) in [5.41, 5.74) is 1.77. The van der Waals surface area contributed by atoms with Gasteiger partial charge in [-0.05, 0) is 49.2 Å². The zero-order valence-electron chi connectivity index (χ0n) is 12.8. The second-order valence-electron chi connectivity index (χ2n) is 5.67. The molecule has 0 aliphatic carbocycles. The van der Waals surface area contributed by atoms with Gasteiger partial charge >= 0.3 is 6.03 Å². The van der Waals surface area contributed by atoms with Gasteiger partial charge in [0.25, 0.3) is 0 Å². The first-order valence-electron chi connectivity index (χ1n) is 7.84. The fourth-order valence-electron chi connectivity index (χ4n) is 2.93. The van der Waals surface area contributed by atoms with E-state index in [1.54, 1.807) is 12.1 Å². The van der Waals surface area contributed by atoms with E-state index >= 15 is 0 Å². The number of nitrogens with one attached hydrogen (secondary N) is 2. The van der Waals surface area contributed by atoms with Gasteiger partial charge in [-0.25, -0.2) is 9.18 Å². The summed E-state index contributed by atoms with van der Waals surface area (Å²) in [4.78, 5) is 14.3. The van der Waals surface area contributed by atoms with Crippen LogP contribution in [-0.2, 0) is 0 Å². The Kier molecular flexibility index (Phi) is 4.76. The van der Waals surface area contributed by atoms with E-state index in [2.05, 4.69) is 27.7 Å². The van der Waals surface area contributed by atoms with E-state index in [1.165, 1.54) is 17.8 Å². The number of halogens is 1. The van der Waals surface area contributed by atoms with E-state index in [9.17, 15) is 9.18 Å². The van der Waals surface area contributed by atoms with Crippen LogP contribution in [-0.4, -0.2) is 25.2 Å². The Hall–Kier alpha value is -2.56. The van der Waals surface area contributed by atoms with Gasteiger partial charge in [0.15, 0.2) is 0 Å². The highest BCUT2D eigenvalue weighted by Gasteiger charge is 2.24. The van der Waals surface area contributed by atoms with Crippen LogP contribution in [0.1, 0.15) is 12.8 Å². The summed E-state index contributed by atoms with van der Waals surface area (Å²) in [6, 6.07) is 16.0. The first-order valence-corrected chi connectivity index (χ1v) is 7.84. The first kappa shape index (κ1) is 15.3. The number of hydrogen-bond acceptors (Lipinski definition) is 2. The third-order valence-corrected chi connectivity index (χ3v) is 4.07. The molecule has 0 bridgehead atoms. The topological polar surface area (TPSA) is 44.4 Å². The average Bonchev–Trinajstić information content (AvgIpc) is 3.04. The molecule has 1 heterocycles. The highest BCUT2D eigenvalue weighted by Crippen LogP contribution is 2.24. The molecule has 23 heavy (non-hydrogen) atoms. The average molecular weight is 313 g/mol. The molecule has 5 heteroatoms. The molecule has 120 valence electrons. The van der Waals surface area contributed by atoms with Gasteiger partial charge < -0.3 is 15.5 Å². The minimum Gasteiger partial charge on any atom is -0.367 e. The van der Waals surface area contributed by atoms with E-state index in [-0.39, 0.29) is 11.8 Å². The van der Waals surface area contributed by atoms with Crippen LogP contribution in [0.15, 0.2) is 54.6 Å². The molecule has 1 aliphatic heterocycles. The Morgan fingerprint density at radius 2 is 1.87 bits per heavy atom. The molecular formula is C18H20FN3O. The fourth-order valence-corrected chi connectivity index (χ4v) is 2.93. The molecule has 2 aromatic carbocycles. The molecule has 2 N–H and O–H groups in total.